The second-order valence-corrected chi connectivity index (χ2v) is 12.6. The zero-order chi connectivity index (χ0) is 30.3. The minimum atomic E-state index is -4.14. The number of methoxy groups -OCH3 is 1. The number of hydrogen-bond acceptors (Lipinski definition) is 7. The molecule has 0 heterocycles. The van der Waals surface area contributed by atoms with E-state index in [1.807, 2.05) is 0 Å². The number of amides is 2. The van der Waals surface area contributed by atoms with Gasteiger partial charge in [0.15, 0.2) is 0 Å². The minimum absolute atomic E-state index is 0.00567. The Morgan fingerprint density at radius 1 is 1.12 bits per heavy atom. The van der Waals surface area contributed by atoms with Crippen LogP contribution in [-0.2, 0) is 26.2 Å². The smallest absolute Gasteiger partial charge is 0.271 e. The number of sulfonamides is 1. The summed E-state index contributed by atoms with van der Waals surface area (Å²) in [4.78, 5) is 39.5. The fraction of sp³-hybridized carbons (Fsp3) is 0.481. The molecular weight excluding hydrogens is 595 g/mol. The van der Waals surface area contributed by atoms with Crippen LogP contribution >= 0.6 is 23.2 Å². The number of benzene rings is 2. The number of carbonyl (C=O) groups is 2. The molecule has 0 spiro atoms. The van der Waals surface area contributed by atoms with E-state index < -0.39 is 33.4 Å². The molecule has 0 aliphatic heterocycles. The van der Waals surface area contributed by atoms with Crippen LogP contribution in [0.1, 0.15) is 51.0 Å². The first-order valence-corrected chi connectivity index (χ1v) is 15.8. The number of nitrogens with one attached hydrogen (secondary N) is 1. The number of non-ortho nitro benzene ring substituents is 1. The lowest BCUT2D eigenvalue weighted by Gasteiger charge is -2.34. The van der Waals surface area contributed by atoms with Gasteiger partial charge >= 0.3 is 0 Å². The van der Waals surface area contributed by atoms with Gasteiger partial charge in [-0.05, 0) is 43.0 Å². The molecule has 1 saturated carbocycles. The molecule has 2 aromatic rings. The van der Waals surface area contributed by atoms with Crippen molar-refractivity contribution in [3.63, 3.8) is 0 Å². The third-order valence-electron chi connectivity index (χ3n) is 7.00. The van der Waals surface area contributed by atoms with E-state index in [9.17, 15) is 28.1 Å². The Bertz CT molecular complexity index is 1380. The van der Waals surface area contributed by atoms with Crippen LogP contribution in [0.5, 0.6) is 5.75 Å². The Morgan fingerprint density at radius 3 is 2.37 bits per heavy atom. The van der Waals surface area contributed by atoms with Crippen molar-refractivity contribution in [3.05, 3.63) is 62.1 Å². The molecule has 11 nitrogen and oxygen atoms in total. The highest BCUT2D eigenvalue weighted by Gasteiger charge is 2.34. The molecule has 1 atom stereocenters. The number of rotatable bonds is 12. The predicted octanol–water partition coefficient (Wildman–Crippen LogP) is 4.93. The number of carbonyl (C=O) groups excluding carboxylic acids is 2. The molecule has 1 aliphatic carbocycles. The molecular formula is C27H34Cl2N4O7S. The average molecular weight is 630 g/mol. The lowest BCUT2D eigenvalue weighted by Crippen LogP contribution is -2.54. The number of nitrogens with zero attached hydrogens (tertiary/aromatic N) is 3. The maximum Gasteiger partial charge on any atom is 0.271 e. The van der Waals surface area contributed by atoms with Crippen LogP contribution in [0.3, 0.4) is 0 Å². The first-order valence-electron chi connectivity index (χ1n) is 13.2. The molecule has 1 unspecified atom stereocenters. The Kier molecular flexibility index (Phi) is 11.2. The van der Waals surface area contributed by atoms with Gasteiger partial charge in [-0.15, -0.1) is 0 Å². The fourth-order valence-corrected chi connectivity index (χ4v) is 6.05. The molecule has 14 heteroatoms. The Balaban J connectivity index is 2.01. The van der Waals surface area contributed by atoms with Gasteiger partial charge in [0, 0.05) is 24.7 Å². The van der Waals surface area contributed by atoms with Crippen molar-refractivity contribution < 1.29 is 27.7 Å². The molecule has 2 amide bonds. The molecule has 1 N–H and O–H groups in total. The van der Waals surface area contributed by atoms with Gasteiger partial charge in [-0.2, -0.15) is 0 Å². The van der Waals surface area contributed by atoms with Crippen molar-refractivity contribution in [1.82, 2.24) is 10.2 Å². The highest BCUT2D eigenvalue weighted by molar-refractivity contribution is 7.92. The van der Waals surface area contributed by atoms with Crippen molar-refractivity contribution in [1.29, 1.82) is 0 Å². The number of nitro benzene ring substituents is 1. The van der Waals surface area contributed by atoms with E-state index in [4.69, 9.17) is 27.9 Å². The van der Waals surface area contributed by atoms with Crippen LogP contribution in [-0.4, -0.2) is 62.0 Å². The molecule has 41 heavy (non-hydrogen) atoms. The normalized spacial score (nSPS) is 14.7. The van der Waals surface area contributed by atoms with Crippen molar-refractivity contribution in [2.45, 2.75) is 64.1 Å². The van der Waals surface area contributed by atoms with Gasteiger partial charge in [0.25, 0.3) is 5.69 Å². The fourth-order valence-electron chi connectivity index (χ4n) is 4.88. The van der Waals surface area contributed by atoms with E-state index in [2.05, 4.69) is 5.32 Å². The number of ether oxygens (including phenoxy) is 1. The molecule has 0 saturated heterocycles. The first-order chi connectivity index (χ1) is 19.3. The number of halogens is 2. The predicted molar refractivity (Wildman–Crippen MR) is 158 cm³/mol. The third kappa shape index (κ3) is 8.46. The Morgan fingerprint density at radius 2 is 1.80 bits per heavy atom. The molecule has 1 fully saturated rings. The zero-order valence-electron chi connectivity index (χ0n) is 23.1. The maximum absolute atomic E-state index is 14.0. The van der Waals surface area contributed by atoms with Gasteiger partial charge in [-0.25, -0.2) is 8.42 Å². The van der Waals surface area contributed by atoms with Crippen molar-refractivity contribution in [2.75, 3.05) is 24.2 Å². The van der Waals surface area contributed by atoms with Gasteiger partial charge in [0.2, 0.25) is 21.8 Å². The Labute approximate surface area is 249 Å². The summed E-state index contributed by atoms with van der Waals surface area (Å²) in [6.45, 7) is 0.971. The van der Waals surface area contributed by atoms with E-state index in [1.54, 1.807) is 25.1 Å². The summed E-state index contributed by atoms with van der Waals surface area (Å²) >= 11 is 12.3. The quantitative estimate of drug-likeness (QED) is 0.259. The highest BCUT2D eigenvalue weighted by atomic mass is 35.5. The van der Waals surface area contributed by atoms with Crippen LogP contribution in [0.25, 0.3) is 0 Å². The maximum atomic E-state index is 14.0. The standard InChI is InChI=1S/C27H34Cl2N4O7S/c1-4-23(27(35)30-19-8-6-5-7-9-19)31(16-18-10-12-21(28)22(29)14-18)26(34)17-32(41(3,38)39)24-15-20(33(36)37)11-13-25(24)40-2/h10-15,19,23H,4-9,16-17H2,1-3H3,(H,30,35). The van der Waals surface area contributed by atoms with E-state index in [-0.39, 0.29) is 47.1 Å². The topological polar surface area (TPSA) is 139 Å². The van der Waals surface area contributed by atoms with Crippen LogP contribution in [0, 0.1) is 10.1 Å². The van der Waals surface area contributed by atoms with Crippen molar-refractivity contribution >= 4 is 56.4 Å². The lowest BCUT2D eigenvalue weighted by atomic mass is 9.95. The lowest BCUT2D eigenvalue weighted by molar-refractivity contribution is -0.384. The third-order valence-corrected chi connectivity index (χ3v) is 8.86. The van der Waals surface area contributed by atoms with Crippen LogP contribution < -0.4 is 14.4 Å². The Hall–Kier alpha value is -3.09. The van der Waals surface area contributed by atoms with Gasteiger partial charge in [0.1, 0.15) is 24.0 Å². The van der Waals surface area contributed by atoms with E-state index in [0.717, 1.165) is 48.7 Å². The van der Waals surface area contributed by atoms with Crippen LogP contribution in [0.4, 0.5) is 11.4 Å². The van der Waals surface area contributed by atoms with Gasteiger partial charge in [0.05, 0.1) is 28.3 Å². The van der Waals surface area contributed by atoms with Crippen LogP contribution in [0.15, 0.2) is 36.4 Å². The number of hydrogen-bond donors (Lipinski definition) is 1. The summed E-state index contributed by atoms with van der Waals surface area (Å²) in [6, 6.07) is 7.35. The monoisotopic (exact) mass is 628 g/mol. The van der Waals surface area contributed by atoms with Crippen molar-refractivity contribution in [3.8, 4) is 5.75 Å². The highest BCUT2D eigenvalue weighted by Crippen LogP contribution is 2.34. The average Bonchev–Trinajstić information content (AvgIpc) is 2.92. The SMILES string of the molecule is CCC(C(=O)NC1CCCCC1)N(Cc1ccc(Cl)c(Cl)c1)C(=O)CN(c1cc([N+](=O)[O-])ccc1OC)S(C)(=O)=O. The van der Waals surface area contributed by atoms with Gasteiger partial charge < -0.3 is 15.0 Å². The van der Waals surface area contributed by atoms with Gasteiger partial charge in [-0.3, -0.25) is 24.0 Å². The molecule has 0 aromatic heterocycles. The number of nitro groups is 1. The summed E-state index contributed by atoms with van der Waals surface area (Å²) < 4.78 is 31.9. The molecule has 0 radical (unpaired) electrons. The molecule has 3 rings (SSSR count). The van der Waals surface area contributed by atoms with Crippen LogP contribution in [0.2, 0.25) is 10.0 Å². The van der Waals surface area contributed by atoms with E-state index in [0.29, 0.717) is 10.6 Å². The summed E-state index contributed by atoms with van der Waals surface area (Å²) in [5.41, 5.74) is 0.0232. The first kappa shape index (κ1) is 32.4. The van der Waals surface area contributed by atoms with Gasteiger partial charge in [-0.1, -0.05) is 55.5 Å². The summed E-state index contributed by atoms with van der Waals surface area (Å²) in [5.74, 6) is -1.01. The molecule has 2 aromatic carbocycles. The summed E-state index contributed by atoms with van der Waals surface area (Å²) in [6.07, 6.45) is 5.94. The molecule has 224 valence electrons. The minimum Gasteiger partial charge on any atom is -0.495 e. The van der Waals surface area contributed by atoms with Crippen molar-refractivity contribution in [2.24, 2.45) is 0 Å². The second kappa shape index (κ2) is 14.2. The summed E-state index contributed by atoms with van der Waals surface area (Å²) in [5, 5.41) is 15.1. The molecule has 1 aliphatic rings. The zero-order valence-corrected chi connectivity index (χ0v) is 25.5. The number of anilines is 1. The van der Waals surface area contributed by atoms with E-state index >= 15 is 0 Å². The molecule has 0 bridgehead atoms. The largest absolute Gasteiger partial charge is 0.495 e. The summed E-state index contributed by atoms with van der Waals surface area (Å²) in [7, 11) is -2.85. The van der Waals surface area contributed by atoms with E-state index in [1.165, 1.54) is 24.1 Å². The second-order valence-electron chi connectivity index (χ2n) is 9.92.